The zero-order valence-electron chi connectivity index (χ0n) is 7.01. The fraction of sp³-hybridized carbons (Fsp3) is 0.222. The van der Waals surface area contributed by atoms with Crippen LogP contribution >= 0.6 is 23.2 Å². The molecule has 0 fully saturated rings. The Morgan fingerprint density at radius 2 is 2.29 bits per heavy atom. The van der Waals surface area contributed by atoms with Gasteiger partial charge in [0, 0.05) is 5.02 Å². The van der Waals surface area contributed by atoms with Crippen molar-refractivity contribution in [3.63, 3.8) is 0 Å². The molecule has 0 spiro atoms. The highest BCUT2D eigenvalue weighted by Crippen LogP contribution is 2.21. The molecule has 0 bridgehead atoms. The van der Waals surface area contributed by atoms with Gasteiger partial charge in [-0.3, -0.25) is 0 Å². The number of benzene rings is 1. The zero-order chi connectivity index (χ0) is 10.6. The molecule has 2 nitrogen and oxygen atoms in total. The van der Waals surface area contributed by atoms with E-state index in [2.05, 4.69) is 0 Å². The molecule has 0 N–H and O–H groups in total. The van der Waals surface area contributed by atoms with E-state index < -0.39 is 11.2 Å². The summed E-state index contributed by atoms with van der Waals surface area (Å²) in [4.78, 5) is 0. The van der Waals surface area contributed by atoms with Gasteiger partial charge in [-0.05, 0) is 18.2 Å². The van der Waals surface area contributed by atoms with Crippen LogP contribution in [0.1, 0.15) is 0 Å². The molecule has 14 heavy (non-hydrogen) atoms. The van der Waals surface area contributed by atoms with Gasteiger partial charge in [0.1, 0.15) is 6.61 Å². The van der Waals surface area contributed by atoms with Crippen molar-refractivity contribution in [1.29, 1.82) is 5.26 Å². The van der Waals surface area contributed by atoms with Gasteiger partial charge in [-0.25, -0.2) is 4.39 Å². The summed E-state index contributed by atoms with van der Waals surface area (Å²) >= 11 is 11.0. The molecule has 1 rings (SSSR count). The van der Waals surface area contributed by atoms with Crippen molar-refractivity contribution in [2.75, 3.05) is 6.61 Å². The maximum Gasteiger partial charge on any atom is 0.166 e. The van der Waals surface area contributed by atoms with E-state index in [1.807, 2.05) is 0 Å². The molecule has 0 aliphatic rings. The van der Waals surface area contributed by atoms with Crippen LogP contribution in [0.5, 0.6) is 5.75 Å². The first-order valence-electron chi connectivity index (χ1n) is 3.75. The molecule has 0 radical (unpaired) electrons. The van der Waals surface area contributed by atoms with E-state index in [1.54, 1.807) is 6.07 Å². The van der Waals surface area contributed by atoms with Crippen molar-refractivity contribution in [3.05, 3.63) is 29.0 Å². The summed E-state index contributed by atoms with van der Waals surface area (Å²) in [5, 5.41) is 7.85. The lowest BCUT2D eigenvalue weighted by Gasteiger charge is -2.06. The van der Waals surface area contributed by atoms with Gasteiger partial charge >= 0.3 is 0 Å². The molecule has 0 amide bonds. The third kappa shape index (κ3) is 3.06. The number of hydrogen-bond donors (Lipinski definition) is 0. The molecule has 1 atom stereocenters. The molecular formula is C9H6Cl2FNO. The summed E-state index contributed by atoms with van der Waals surface area (Å²) in [7, 11) is 0. The van der Waals surface area contributed by atoms with Crippen LogP contribution in [0.4, 0.5) is 4.39 Å². The first-order chi connectivity index (χ1) is 6.63. The molecule has 1 unspecified atom stereocenters. The Morgan fingerprint density at radius 3 is 2.86 bits per heavy atom. The highest BCUT2D eigenvalue weighted by atomic mass is 35.5. The van der Waals surface area contributed by atoms with Gasteiger partial charge in [-0.2, -0.15) is 5.26 Å². The second-order valence-corrected chi connectivity index (χ2v) is 3.45. The number of ether oxygens (including phenoxy) is 1. The Morgan fingerprint density at radius 1 is 1.57 bits per heavy atom. The Balaban J connectivity index is 2.64. The third-order valence-corrected chi connectivity index (χ3v) is 1.88. The van der Waals surface area contributed by atoms with E-state index >= 15 is 0 Å². The number of nitriles is 1. The minimum absolute atomic E-state index is 0.0373. The fourth-order valence-corrected chi connectivity index (χ4v) is 1.01. The van der Waals surface area contributed by atoms with E-state index in [4.69, 9.17) is 33.2 Å². The van der Waals surface area contributed by atoms with Crippen molar-refractivity contribution >= 4 is 23.2 Å². The van der Waals surface area contributed by atoms with Crippen LogP contribution < -0.4 is 4.74 Å². The molecule has 0 saturated carbocycles. The normalized spacial score (nSPS) is 11.9. The van der Waals surface area contributed by atoms with E-state index in [1.165, 1.54) is 12.1 Å². The minimum atomic E-state index is -0.787. The summed E-state index contributed by atoms with van der Waals surface area (Å²) in [6.45, 7) is -0.0589. The number of alkyl halides is 1. The topological polar surface area (TPSA) is 33.0 Å². The number of halogens is 3. The van der Waals surface area contributed by atoms with Gasteiger partial charge in [0.2, 0.25) is 0 Å². The van der Waals surface area contributed by atoms with E-state index in [9.17, 15) is 4.39 Å². The molecule has 0 aliphatic carbocycles. The molecule has 0 saturated heterocycles. The summed E-state index contributed by atoms with van der Waals surface area (Å²) in [5.41, 5.74) is 0. The van der Waals surface area contributed by atoms with Crippen molar-refractivity contribution in [3.8, 4) is 11.8 Å². The predicted octanol–water partition coefficient (Wildman–Crippen LogP) is 2.99. The molecule has 1 aromatic carbocycles. The van der Waals surface area contributed by atoms with Gasteiger partial charge in [0.05, 0.1) is 6.07 Å². The van der Waals surface area contributed by atoms with E-state index in [0.717, 1.165) is 6.07 Å². The van der Waals surface area contributed by atoms with Crippen molar-refractivity contribution in [1.82, 2.24) is 0 Å². The second kappa shape index (κ2) is 5.04. The Bertz CT molecular complexity index is 364. The lowest BCUT2D eigenvalue weighted by Crippen LogP contribution is -2.09. The zero-order valence-corrected chi connectivity index (χ0v) is 8.52. The number of hydrogen-bond acceptors (Lipinski definition) is 2. The lowest BCUT2D eigenvalue weighted by molar-refractivity contribution is 0.311. The highest BCUT2D eigenvalue weighted by Gasteiger charge is 2.07. The van der Waals surface area contributed by atoms with Gasteiger partial charge in [0.15, 0.2) is 16.9 Å². The maximum absolute atomic E-state index is 13.1. The standard InChI is InChI=1S/C9H6Cl2FNO/c10-6-1-2-9(8(12)3-6)14-5-7(11)4-13/h1-3,7H,5H2. The first-order valence-corrected chi connectivity index (χ1v) is 4.56. The predicted molar refractivity (Wildman–Crippen MR) is 52.2 cm³/mol. The third-order valence-electron chi connectivity index (χ3n) is 1.42. The largest absolute Gasteiger partial charge is 0.488 e. The number of rotatable bonds is 3. The molecule has 0 aliphatic heterocycles. The quantitative estimate of drug-likeness (QED) is 0.753. The van der Waals surface area contributed by atoms with Gasteiger partial charge in [-0.1, -0.05) is 11.6 Å². The van der Waals surface area contributed by atoms with Crippen molar-refractivity contribution in [2.24, 2.45) is 0 Å². The van der Waals surface area contributed by atoms with Crippen LogP contribution in [0.3, 0.4) is 0 Å². The maximum atomic E-state index is 13.1. The van der Waals surface area contributed by atoms with Crippen LogP contribution in [-0.2, 0) is 0 Å². The fourth-order valence-electron chi connectivity index (χ4n) is 0.792. The van der Waals surface area contributed by atoms with Gasteiger partial charge in [-0.15, -0.1) is 11.6 Å². The van der Waals surface area contributed by atoms with Crippen molar-refractivity contribution in [2.45, 2.75) is 5.38 Å². The SMILES string of the molecule is N#CC(Cl)COc1ccc(Cl)cc1F. The lowest BCUT2D eigenvalue weighted by atomic mass is 10.3. The summed E-state index contributed by atoms with van der Waals surface area (Å²) in [6.07, 6.45) is 0. The summed E-state index contributed by atoms with van der Waals surface area (Å²) in [6, 6.07) is 5.77. The molecule has 0 heterocycles. The summed E-state index contributed by atoms with van der Waals surface area (Å²) in [5.74, 6) is -0.533. The average Bonchev–Trinajstić information content (AvgIpc) is 2.16. The summed E-state index contributed by atoms with van der Waals surface area (Å²) < 4.78 is 18.0. The Labute approximate surface area is 90.8 Å². The smallest absolute Gasteiger partial charge is 0.166 e. The minimum Gasteiger partial charge on any atom is -0.488 e. The molecule has 1 aromatic rings. The Kier molecular flexibility index (Phi) is 3.99. The van der Waals surface area contributed by atoms with Crippen LogP contribution in [0.2, 0.25) is 5.02 Å². The second-order valence-electron chi connectivity index (χ2n) is 2.48. The van der Waals surface area contributed by atoms with Crippen LogP contribution in [0.15, 0.2) is 18.2 Å². The molecule has 0 aromatic heterocycles. The van der Waals surface area contributed by atoms with Crippen LogP contribution in [0.25, 0.3) is 0 Å². The van der Waals surface area contributed by atoms with Crippen molar-refractivity contribution < 1.29 is 9.13 Å². The first kappa shape index (κ1) is 11.1. The Hall–Kier alpha value is -0.980. The van der Waals surface area contributed by atoms with Gasteiger partial charge in [0.25, 0.3) is 0 Å². The monoisotopic (exact) mass is 233 g/mol. The molecule has 74 valence electrons. The van der Waals surface area contributed by atoms with E-state index in [-0.39, 0.29) is 17.4 Å². The number of nitrogens with zero attached hydrogens (tertiary/aromatic N) is 1. The van der Waals surface area contributed by atoms with E-state index in [0.29, 0.717) is 0 Å². The van der Waals surface area contributed by atoms with Gasteiger partial charge < -0.3 is 4.74 Å². The molecular weight excluding hydrogens is 228 g/mol. The molecule has 5 heteroatoms. The highest BCUT2D eigenvalue weighted by molar-refractivity contribution is 6.30. The average molecular weight is 234 g/mol. The van der Waals surface area contributed by atoms with Crippen LogP contribution in [0, 0.1) is 17.1 Å². The van der Waals surface area contributed by atoms with Crippen LogP contribution in [-0.4, -0.2) is 12.0 Å².